The van der Waals surface area contributed by atoms with Gasteiger partial charge in [-0.1, -0.05) is 13.0 Å². The molecule has 0 saturated heterocycles. The summed E-state index contributed by atoms with van der Waals surface area (Å²) < 4.78 is 5.26. The van der Waals surface area contributed by atoms with Gasteiger partial charge in [0.05, 0.1) is 6.04 Å². The van der Waals surface area contributed by atoms with E-state index in [0.29, 0.717) is 13.0 Å². The van der Waals surface area contributed by atoms with Crippen LogP contribution in [0.5, 0.6) is 0 Å². The molecule has 0 aromatic heterocycles. The van der Waals surface area contributed by atoms with E-state index in [-0.39, 0.29) is 11.8 Å². The summed E-state index contributed by atoms with van der Waals surface area (Å²) >= 11 is 0. The van der Waals surface area contributed by atoms with E-state index in [2.05, 4.69) is 0 Å². The van der Waals surface area contributed by atoms with Crippen LogP contribution in [0.3, 0.4) is 0 Å². The molecule has 90 valence electrons. The van der Waals surface area contributed by atoms with Crippen LogP contribution in [-0.2, 0) is 9.53 Å². The molecule has 16 heavy (non-hydrogen) atoms. The highest BCUT2D eigenvalue weighted by Gasteiger charge is 2.31. The third-order valence-corrected chi connectivity index (χ3v) is 2.30. The van der Waals surface area contributed by atoms with Crippen LogP contribution in [-0.4, -0.2) is 35.0 Å². The molecule has 0 aromatic rings. The van der Waals surface area contributed by atoms with Crippen LogP contribution < -0.4 is 0 Å². The van der Waals surface area contributed by atoms with E-state index < -0.39 is 11.7 Å². The van der Waals surface area contributed by atoms with E-state index in [1.807, 2.05) is 27.7 Å². The lowest BCUT2D eigenvalue weighted by molar-refractivity contribution is -0.120. The van der Waals surface area contributed by atoms with E-state index in [0.717, 1.165) is 0 Å². The predicted octanol–water partition coefficient (Wildman–Crippen LogP) is 2.14. The molecule has 0 aliphatic carbocycles. The second-order valence-corrected chi connectivity index (χ2v) is 4.86. The van der Waals surface area contributed by atoms with Gasteiger partial charge in [0, 0.05) is 6.54 Å². The van der Waals surface area contributed by atoms with Crippen molar-refractivity contribution in [2.75, 3.05) is 6.54 Å². The summed E-state index contributed by atoms with van der Waals surface area (Å²) in [6.07, 6.45) is 3.42. The molecule has 4 heteroatoms. The number of carbonyl (C=O) groups excluding carboxylic acids is 2. The Hall–Kier alpha value is -1.32. The van der Waals surface area contributed by atoms with Crippen molar-refractivity contribution in [1.82, 2.24) is 4.90 Å². The van der Waals surface area contributed by atoms with Crippen molar-refractivity contribution >= 4 is 11.9 Å². The van der Waals surface area contributed by atoms with Crippen LogP contribution in [0, 0.1) is 0 Å². The zero-order valence-corrected chi connectivity index (χ0v) is 10.3. The average molecular weight is 225 g/mol. The molecule has 1 rings (SSSR count). The van der Waals surface area contributed by atoms with Crippen LogP contribution in [0.2, 0.25) is 0 Å². The summed E-state index contributed by atoms with van der Waals surface area (Å²) in [7, 11) is 0. The van der Waals surface area contributed by atoms with Gasteiger partial charge in [-0.25, -0.2) is 4.79 Å². The Morgan fingerprint density at radius 2 is 2.19 bits per heavy atom. The van der Waals surface area contributed by atoms with Gasteiger partial charge in [-0.2, -0.15) is 0 Å². The lowest BCUT2D eigenvalue weighted by Gasteiger charge is -2.32. The highest BCUT2D eigenvalue weighted by Crippen LogP contribution is 2.16. The summed E-state index contributed by atoms with van der Waals surface area (Å²) in [6, 6.07) is -0.375. The van der Waals surface area contributed by atoms with Crippen molar-refractivity contribution in [3.05, 3.63) is 12.2 Å². The topological polar surface area (TPSA) is 46.6 Å². The Morgan fingerprint density at radius 3 is 2.69 bits per heavy atom. The molecule has 0 aromatic carbocycles. The quantitative estimate of drug-likeness (QED) is 0.687. The number of carbonyl (C=O) groups is 2. The molecular weight excluding hydrogens is 206 g/mol. The fourth-order valence-corrected chi connectivity index (χ4v) is 1.62. The Labute approximate surface area is 96.3 Å². The Bertz CT molecular complexity index is 315. The number of hydrogen-bond acceptors (Lipinski definition) is 3. The molecule has 0 fully saturated rings. The van der Waals surface area contributed by atoms with Crippen LogP contribution in [0.25, 0.3) is 0 Å². The molecule has 4 nitrogen and oxygen atoms in total. The van der Waals surface area contributed by atoms with Gasteiger partial charge in [0.2, 0.25) is 0 Å². The third kappa shape index (κ3) is 3.08. The lowest BCUT2D eigenvalue weighted by atomic mass is 10.0. The molecule has 0 spiro atoms. The third-order valence-electron chi connectivity index (χ3n) is 2.30. The maximum absolute atomic E-state index is 11.8. The lowest BCUT2D eigenvalue weighted by Crippen LogP contribution is -2.48. The normalized spacial score (nSPS) is 21.1. The summed E-state index contributed by atoms with van der Waals surface area (Å²) in [6.45, 7) is 7.77. The number of ketones is 1. The minimum absolute atomic E-state index is 0.0281. The first-order valence-corrected chi connectivity index (χ1v) is 5.55. The molecule has 0 radical (unpaired) electrons. The van der Waals surface area contributed by atoms with Crippen LogP contribution in [0.4, 0.5) is 4.79 Å². The fourth-order valence-electron chi connectivity index (χ4n) is 1.62. The monoisotopic (exact) mass is 225 g/mol. The van der Waals surface area contributed by atoms with E-state index in [1.165, 1.54) is 11.0 Å². The zero-order chi connectivity index (χ0) is 12.3. The van der Waals surface area contributed by atoms with Gasteiger partial charge in [-0.15, -0.1) is 0 Å². The first-order chi connectivity index (χ1) is 7.35. The maximum atomic E-state index is 11.8. The van der Waals surface area contributed by atoms with Crippen molar-refractivity contribution in [3.8, 4) is 0 Å². The minimum Gasteiger partial charge on any atom is -0.444 e. The fraction of sp³-hybridized carbons (Fsp3) is 0.667. The maximum Gasteiger partial charge on any atom is 0.411 e. The van der Waals surface area contributed by atoms with Crippen LogP contribution >= 0.6 is 0 Å². The number of nitrogens with zero attached hydrogens (tertiary/aromatic N) is 1. The molecule has 0 N–H and O–H groups in total. The smallest absolute Gasteiger partial charge is 0.411 e. The van der Waals surface area contributed by atoms with E-state index in [4.69, 9.17) is 4.74 Å². The van der Waals surface area contributed by atoms with E-state index in [9.17, 15) is 9.59 Å². The standard InChI is InChI=1S/C12H19NO3/c1-5-9-10(14)7-6-8-13(9)11(15)16-12(2,3)4/h6-7,9H,5,8H2,1-4H3/t9-/m0/s1. The van der Waals surface area contributed by atoms with Crippen molar-refractivity contribution in [3.63, 3.8) is 0 Å². The van der Waals surface area contributed by atoms with Gasteiger partial charge in [0.1, 0.15) is 5.60 Å². The SMILES string of the molecule is CC[C@H]1C(=O)C=CCN1C(=O)OC(C)(C)C. The Kier molecular flexibility index (Phi) is 3.73. The minimum atomic E-state index is -0.528. The van der Waals surface area contributed by atoms with Gasteiger partial charge in [-0.3, -0.25) is 9.69 Å². The average Bonchev–Trinajstić information content (AvgIpc) is 2.14. The largest absolute Gasteiger partial charge is 0.444 e. The molecule has 1 atom stereocenters. The molecule has 1 amide bonds. The molecule has 0 bridgehead atoms. The summed E-state index contributed by atoms with van der Waals surface area (Å²) in [5.74, 6) is -0.0281. The molecule has 1 aliphatic rings. The Morgan fingerprint density at radius 1 is 1.56 bits per heavy atom. The number of amides is 1. The zero-order valence-electron chi connectivity index (χ0n) is 10.3. The van der Waals surface area contributed by atoms with Gasteiger partial charge in [0.15, 0.2) is 5.78 Å². The van der Waals surface area contributed by atoms with E-state index in [1.54, 1.807) is 6.08 Å². The van der Waals surface area contributed by atoms with Crippen molar-refractivity contribution in [1.29, 1.82) is 0 Å². The van der Waals surface area contributed by atoms with Gasteiger partial charge in [0.25, 0.3) is 0 Å². The summed E-state index contributed by atoms with van der Waals surface area (Å²) in [4.78, 5) is 24.9. The highest BCUT2D eigenvalue weighted by atomic mass is 16.6. The molecule has 0 saturated carbocycles. The van der Waals surface area contributed by atoms with Crippen molar-refractivity contribution in [2.24, 2.45) is 0 Å². The van der Waals surface area contributed by atoms with Crippen LogP contribution in [0.1, 0.15) is 34.1 Å². The highest BCUT2D eigenvalue weighted by molar-refractivity contribution is 5.97. The van der Waals surface area contributed by atoms with Gasteiger partial charge >= 0.3 is 6.09 Å². The van der Waals surface area contributed by atoms with Crippen molar-refractivity contribution in [2.45, 2.75) is 45.8 Å². The second-order valence-electron chi connectivity index (χ2n) is 4.86. The van der Waals surface area contributed by atoms with Gasteiger partial charge in [-0.05, 0) is 33.3 Å². The summed E-state index contributed by atoms with van der Waals surface area (Å²) in [5.41, 5.74) is -0.528. The van der Waals surface area contributed by atoms with Gasteiger partial charge < -0.3 is 4.74 Å². The number of rotatable bonds is 1. The number of ether oxygens (including phenoxy) is 1. The first-order valence-electron chi connectivity index (χ1n) is 5.55. The number of hydrogen-bond donors (Lipinski definition) is 0. The predicted molar refractivity (Wildman–Crippen MR) is 61.2 cm³/mol. The summed E-state index contributed by atoms with van der Waals surface area (Å²) in [5, 5.41) is 0. The Balaban J connectivity index is 2.75. The first kappa shape index (κ1) is 12.7. The van der Waals surface area contributed by atoms with Crippen LogP contribution in [0.15, 0.2) is 12.2 Å². The van der Waals surface area contributed by atoms with E-state index >= 15 is 0 Å². The molecular formula is C12H19NO3. The molecule has 0 unspecified atom stereocenters. The van der Waals surface area contributed by atoms with Crippen molar-refractivity contribution < 1.29 is 14.3 Å². The molecule has 1 heterocycles. The molecule has 1 aliphatic heterocycles. The second kappa shape index (κ2) is 4.68.